The SMILES string of the molecule is CC1CC(C(C)(C)C)C(OC(C=O)C(O)CN(C)NC2NC2c2ccc(Cl)c(N=O)c2)C(C(C)(C)C)C1. The van der Waals surface area contributed by atoms with Crippen molar-refractivity contribution in [3.8, 4) is 0 Å². The van der Waals surface area contributed by atoms with E-state index in [0.29, 0.717) is 10.9 Å². The van der Waals surface area contributed by atoms with Crippen molar-refractivity contribution in [2.75, 3.05) is 13.6 Å². The van der Waals surface area contributed by atoms with Gasteiger partial charge in [0, 0.05) is 13.6 Å². The van der Waals surface area contributed by atoms with Gasteiger partial charge in [0.15, 0.2) is 6.29 Å². The summed E-state index contributed by atoms with van der Waals surface area (Å²) in [6, 6.07) is 5.16. The zero-order valence-electron chi connectivity index (χ0n) is 23.5. The third-order valence-electron chi connectivity index (χ3n) is 7.99. The first-order valence-electron chi connectivity index (χ1n) is 13.3. The first kappa shape index (κ1) is 30.1. The number of benzene rings is 1. The number of aliphatic hydroxyl groups excluding tert-OH is 1. The fraction of sp³-hybridized carbons (Fsp3) is 0.750. The number of hydrogen-bond acceptors (Lipinski definition) is 8. The molecule has 0 radical (unpaired) electrons. The molecule has 0 spiro atoms. The van der Waals surface area contributed by atoms with Crippen LogP contribution in [0.15, 0.2) is 23.4 Å². The summed E-state index contributed by atoms with van der Waals surface area (Å²) in [5, 5.41) is 19.4. The third kappa shape index (κ3) is 7.58. The topological polar surface area (TPSA) is 113 Å². The maximum Gasteiger partial charge on any atom is 0.151 e. The molecule has 3 N–H and O–H groups in total. The molecule has 2 aliphatic rings. The number of ether oxygens (including phenoxy) is 1. The molecular formula is C28H45ClN4O4. The fourth-order valence-corrected chi connectivity index (χ4v) is 5.95. The van der Waals surface area contributed by atoms with Crippen LogP contribution in [-0.4, -0.2) is 54.5 Å². The van der Waals surface area contributed by atoms with E-state index in [2.05, 4.69) is 64.4 Å². The van der Waals surface area contributed by atoms with Crippen LogP contribution in [0.1, 0.15) is 72.9 Å². The number of aldehydes is 1. The summed E-state index contributed by atoms with van der Waals surface area (Å²) < 4.78 is 6.54. The number of rotatable bonds is 10. The molecule has 0 aromatic heterocycles. The van der Waals surface area contributed by atoms with Crippen molar-refractivity contribution in [1.82, 2.24) is 15.8 Å². The zero-order valence-corrected chi connectivity index (χ0v) is 24.2. The van der Waals surface area contributed by atoms with Crippen molar-refractivity contribution < 1.29 is 14.6 Å². The molecular weight excluding hydrogens is 492 g/mol. The summed E-state index contributed by atoms with van der Waals surface area (Å²) in [5.74, 6) is 1.15. The first-order valence-corrected chi connectivity index (χ1v) is 13.7. The molecule has 0 amide bonds. The van der Waals surface area contributed by atoms with Gasteiger partial charge in [0.2, 0.25) is 0 Å². The Bertz CT molecular complexity index is 923. The van der Waals surface area contributed by atoms with E-state index in [0.717, 1.165) is 24.7 Å². The normalized spacial score (nSPS) is 30.1. The van der Waals surface area contributed by atoms with E-state index in [1.54, 1.807) is 17.1 Å². The second kappa shape index (κ2) is 11.8. The van der Waals surface area contributed by atoms with Gasteiger partial charge in [0.25, 0.3) is 0 Å². The minimum atomic E-state index is -0.991. The molecule has 6 unspecified atom stereocenters. The van der Waals surface area contributed by atoms with Crippen molar-refractivity contribution in [3.05, 3.63) is 33.7 Å². The lowest BCUT2D eigenvalue weighted by molar-refractivity contribution is -0.173. The van der Waals surface area contributed by atoms with Crippen molar-refractivity contribution in [2.45, 2.75) is 91.8 Å². The van der Waals surface area contributed by atoms with Crippen molar-refractivity contribution in [2.24, 2.45) is 33.8 Å². The van der Waals surface area contributed by atoms with Crippen LogP contribution in [0, 0.1) is 33.5 Å². The van der Waals surface area contributed by atoms with Crippen LogP contribution in [-0.2, 0) is 9.53 Å². The van der Waals surface area contributed by atoms with E-state index in [1.807, 2.05) is 13.1 Å². The number of carbonyl (C=O) groups is 1. The standard InChI is InChI=1S/C28H45ClN4O4/c1-16-11-18(27(2,3)4)25(19(12-16)28(5,6)7)37-23(15-34)22(35)14-33(8)31-26-24(30-26)17-9-10-20(29)21(13-17)32-36/h9-10,13,15-16,18-19,22-26,30-31,35H,11-12,14H2,1-8H3. The van der Waals surface area contributed by atoms with Crippen molar-refractivity contribution in [3.63, 3.8) is 0 Å². The van der Waals surface area contributed by atoms with E-state index < -0.39 is 12.2 Å². The molecule has 37 heavy (non-hydrogen) atoms. The molecule has 3 rings (SSSR count). The van der Waals surface area contributed by atoms with E-state index in [1.165, 1.54) is 0 Å². The number of hydrazine groups is 1. The number of nitroso groups, excluding NO2 is 1. The van der Waals surface area contributed by atoms with E-state index in [4.69, 9.17) is 16.3 Å². The molecule has 1 saturated heterocycles. The Morgan fingerprint density at radius 3 is 2.32 bits per heavy atom. The van der Waals surface area contributed by atoms with Crippen molar-refractivity contribution in [1.29, 1.82) is 0 Å². The lowest BCUT2D eigenvalue weighted by atomic mass is 9.59. The number of nitrogens with zero attached hydrogens (tertiary/aromatic N) is 2. The van der Waals surface area contributed by atoms with Gasteiger partial charge in [-0.25, -0.2) is 10.4 Å². The number of carbonyl (C=O) groups excluding carboxylic acids is 1. The summed E-state index contributed by atoms with van der Waals surface area (Å²) in [6.45, 7) is 16.0. The lowest BCUT2D eigenvalue weighted by Gasteiger charge is -2.51. The van der Waals surface area contributed by atoms with Crippen LogP contribution >= 0.6 is 11.6 Å². The van der Waals surface area contributed by atoms with E-state index >= 15 is 0 Å². The Hall–Kier alpha value is -1.42. The predicted molar refractivity (Wildman–Crippen MR) is 147 cm³/mol. The molecule has 1 saturated carbocycles. The average molecular weight is 537 g/mol. The van der Waals surface area contributed by atoms with Gasteiger partial charge >= 0.3 is 0 Å². The van der Waals surface area contributed by atoms with Gasteiger partial charge in [-0.3, -0.25) is 5.32 Å². The lowest BCUT2D eigenvalue weighted by Crippen LogP contribution is -2.53. The Kier molecular flexibility index (Phi) is 9.58. The molecule has 8 nitrogen and oxygen atoms in total. The molecule has 1 aromatic carbocycles. The summed E-state index contributed by atoms with van der Waals surface area (Å²) in [6.07, 6.45) is 0.737. The average Bonchev–Trinajstić information content (AvgIpc) is 3.55. The van der Waals surface area contributed by atoms with E-state index in [-0.39, 0.29) is 53.2 Å². The molecule has 1 heterocycles. The van der Waals surface area contributed by atoms with Crippen LogP contribution in [0.2, 0.25) is 5.02 Å². The summed E-state index contributed by atoms with van der Waals surface area (Å²) in [7, 11) is 1.82. The second-order valence-electron chi connectivity index (χ2n) is 13.2. The Morgan fingerprint density at radius 2 is 1.81 bits per heavy atom. The highest BCUT2D eigenvalue weighted by Crippen LogP contribution is 2.50. The predicted octanol–water partition coefficient (Wildman–Crippen LogP) is 5.21. The first-order chi connectivity index (χ1) is 17.1. The molecule has 0 bridgehead atoms. The van der Waals surface area contributed by atoms with Crippen LogP contribution in [0.5, 0.6) is 0 Å². The zero-order chi connectivity index (χ0) is 27.7. The minimum absolute atomic E-state index is 0.0141. The Labute approximate surface area is 226 Å². The van der Waals surface area contributed by atoms with Gasteiger partial charge in [-0.1, -0.05) is 66.1 Å². The Morgan fingerprint density at radius 1 is 1.22 bits per heavy atom. The van der Waals surface area contributed by atoms with Crippen LogP contribution in [0.3, 0.4) is 0 Å². The highest BCUT2D eigenvalue weighted by molar-refractivity contribution is 6.33. The van der Waals surface area contributed by atoms with Gasteiger partial charge < -0.3 is 14.6 Å². The molecule has 2 fully saturated rings. The fourth-order valence-electron chi connectivity index (χ4n) is 5.80. The third-order valence-corrected chi connectivity index (χ3v) is 8.31. The number of hydrogen-bond donors (Lipinski definition) is 3. The molecule has 208 valence electrons. The number of halogens is 1. The molecule has 6 atom stereocenters. The highest BCUT2D eigenvalue weighted by Gasteiger charge is 2.48. The summed E-state index contributed by atoms with van der Waals surface area (Å²) in [5.41, 5.74) is 4.44. The molecule has 1 aliphatic carbocycles. The van der Waals surface area contributed by atoms with Crippen LogP contribution in [0.4, 0.5) is 5.69 Å². The minimum Gasteiger partial charge on any atom is -0.389 e. The molecule has 9 heteroatoms. The largest absolute Gasteiger partial charge is 0.389 e. The summed E-state index contributed by atoms with van der Waals surface area (Å²) >= 11 is 5.98. The molecule has 1 aliphatic heterocycles. The summed E-state index contributed by atoms with van der Waals surface area (Å²) in [4.78, 5) is 23.1. The Balaban J connectivity index is 1.64. The number of nitrogens with one attached hydrogen (secondary N) is 2. The van der Waals surface area contributed by atoms with Crippen LogP contribution < -0.4 is 10.7 Å². The smallest absolute Gasteiger partial charge is 0.151 e. The highest BCUT2D eigenvalue weighted by atomic mass is 35.5. The van der Waals surface area contributed by atoms with Gasteiger partial charge in [-0.15, -0.1) is 4.91 Å². The number of likely N-dealkylation sites (N-methyl/N-ethyl adjacent to an activating group) is 1. The van der Waals surface area contributed by atoms with Gasteiger partial charge in [-0.2, -0.15) is 0 Å². The second-order valence-corrected chi connectivity index (χ2v) is 13.6. The van der Waals surface area contributed by atoms with Gasteiger partial charge in [-0.05, 0) is 64.3 Å². The monoisotopic (exact) mass is 536 g/mol. The van der Waals surface area contributed by atoms with Crippen LogP contribution in [0.25, 0.3) is 0 Å². The quantitative estimate of drug-likeness (QED) is 0.163. The molecule has 1 aromatic rings. The van der Waals surface area contributed by atoms with Crippen molar-refractivity contribution >= 4 is 23.6 Å². The maximum absolute atomic E-state index is 12.2. The maximum atomic E-state index is 12.2. The number of aliphatic hydroxyl groups is 1. The van der Waals surface area contributed by atoms with Gasteiger partial charge in [0.05, 0.1) is 23.3 Å². The van der Waals surface area contributed by atoms with E-state index in [9.17, 15) is 14.8 Å². The van der Waals surface area contributed by atoms with Gasteiger partial charge in [0.1, 0.15) is 17.9 Å².